The minimum atomic E-state index is 0.472. The molecule has 1 aromatic carbocycles. The van der Waals surface area contributed by atoms with Crippen LogP contribution in [0.5, 0.6) is 5.75 Å². The molecule has 1 fully saturated rings. The van der Waals surface area contributed by atoms with Gasteiger partial charge in [0.15, 0.2) is 5.82 Å². The van der Waals surface area contributed by atoms with E-state index in [2.05, 4.69) is 43.2 Å². The third-order valence-electron chi connectivity index (χ3n) is 5.30. The van der Waals surface area contributed by atoms with Crippen molar-refractivity contribution in [2.75, 3.05) is 38.3 Å². The van der Waals surface area contributed by atoms with Crippen LogP contribution in [0.25, 0.3) is 0 Å². The molecule has 0 aliphatic carbocycles. The Bertz CT molecular complexity index is 946. The summed E-state index contributed by atoms with van der Waals surface area (Å²) in [5, 5.41) is 7.83. The topological polar surface area (TPSA) is 94.1 Å². The summed E-state index contributed by atoms with van der Waals surface area (Å²) in [5.74, 6) is 2.11. The minimum Gasteiger partial charge on any atom is -0.497 e. The zero-order chi connectivity index (χ0) is 20.2. The van der Waals surface area contributed by atoms with Gasteiger partial charge in [-0.2, -0.15) is 5.10 Å². The van der Waals surface area contributed by atoms with Crippen LogP contribution in [-0.4, -0.2) is 51.9 Å². The van der Waals surface area contributed by atoms with Crippen LogP contribution in [0, 0.1) is 0 Å². The molecule has 29 heavy (non-hydrogen) atoms. The number of anilines is 3. The van der Waals surface area contributed by atoms with Crippen molar-refractivity contribution in [2.45, 2.75) is 25.3 Å². The number of benzene rings is 1. The highest BCUT2D eigenvalue weighted by Gasteiger charge is 2.19. The summed E-state index contributed by atoms with van der Waals surface area (Å²) in [5.41, 5.74) is 8.56. The number of hydrogen-bond acceptors (Lipinski definition) is 7. The summed E-state index contributed by atoms with van der Waals surface area (Å²) in [6, 6.07) is 8.09. The van der Waals surface area contributed by atoms with E-state index in [1.807, 2.05) is 30.5 Å². The van der Waals surface area contributed by atoms with Crippen molar-refractivity contribution in [3.05, 3.63) is 54.2 Å². The van der Waals surface area contributed by atoms with Gasteiger partial charge in [-0.1, -0.05) is 0 Å². The van der Waals surface area contributed by atoms with Crippen molar-refractivity contribution in [1.29, 1.82) is 0 Å². The maximum absolute atomic E-state index is 6.07. The van der Waals surface area contributed by atoms with Crippen LogP contribution in [0.4, 0.5) is 17.2 Å². The summed E-state index contributed by atoms with van der Waals surface area (Å²) in [7, 11) is 3.81. The molecule has 0 spiro atoms. The lowest BCUT2D eigenvalue weighted by atomic mass is 10.1. The summed E-state index contributed by atoms with van der Waals surface area (Å²) in [4.78, 5) is 11.4. The molecular weight excluding hydrogens is 366 g/mol. The van der Waals surface area contributed by atoms with Crippen LogP contribution in [0.2, 0.25) is 0 Å². The largest absolute Gasteiger partial charge is 0.497 e. The van der Waals surface area contributed by atoms with Crippen LogP contribution in [0.1, 0.15) is 30.3 Å². The second kappa shape index (κ2) is 8.48. The normalized spacial score (nSPS) is 15.4. The first-order chi connectivity index (χ1) is 14.1. The van der Waals surface area contributed by atoms with Crippen LogP contribution in [0.3, 0.4) is 0 Å². The highest BCUT2D eigenvalue weighted by Crippen LogP contribution is 2.24. The summed E-state index contributed by atoms with van der Waals surface area (Å²) >= 11 is 0. The number of rotatable bonds is 6. The number of nitrogens with two attached hydrogens (primary N) is 1. The number of nitrogens with zero attached hydrogens (tertiary/aromatic N) is 5. The average molecular weight is 393 g/mol. The lowest BCUT2D eigenvalue weighted by Gasteiger charge is -2.28. The maximum Gasteiger partial charge on any atom is 0.157 e. The van der Waals surface area contributed by atoms with Gasteiger partial charge in [0.1, 0.15) is 11.6 Å². The van der Waals surface area contributed by atoms with E-state index >= 15 is 0 Å². The van der Waals surface area contributed by atoms with Gasteiger partial charge in [0.25, 0.3) is 0 Å². The molecule has 2 aromatic heterocycles. The number of nitrogen functional groups attached to an aromatic ring is 1. The Morgan fingerprint density at radius 2 is 1.93 bits per heavy atom. The molecule has 4 rings (SSSR count). The number of piperidine rings is 1. The number of likely N-dealkylation sites (tertiary alicyclic amines) is 1. The monoisotopic (exact) mass is 393 g/mol. The van der Waals surface area contributed by atoms with E-state index < -0.39 is 0 Å². The first-order valence-electron chi connectivity index (χ1n) is 9.85. The average Bonchev–Trinajstić information content (AvgIpc) is 3.20. The van der Waals surface area contributed by atoms with Crippen molar-refractivity contribution in [1.82, 2.24) is 24.6 Å². The van der Waals surface area contributed by atoms with Crippen LogP contribution < -0.4 is 15.8 Å². The lowest BCUT2D eigenvalue weighted by molar-refractivity contribution is 0.212. The Kier molecular flexibility index (Phi) is 5.62. The summed E-state index contributed by atoms with van der Waals surface area (Å²) < 4.78 is 7.28. The highest BCUT2D eigenvalue weighted by atomic mass is 16.5. The molecule has 1 aliphatic rings. The molecule has 0 bridgehead atoms. The van der Waals surface area contributed by atoms with Crippen LogP contribution in [-0.2, 0) is 6.42 Å². The van der Waals surface area contributed by atoms with Gasteiger partial charge in [-0.15, -0.1) is 0 Å². The van der Waals surface area contributed by atoms with Crippen molar-refractivity contribution in [3.8, 4) is 5.75 Å². The van der Waals surface area contributed by atoms with E-state index in [9.17, 15) is 0 Å². The third-order valence-corrected chi connectivity index (χ3v) is 5.30. The van der Waals surface area contributed by atoms with Crippen LogP contribution >= 0.6 is 0 Å². The zero-order valence-corrected chi connectivity index (χ0v) is 16.9. The second-order valence-electron chi connectivity index (χ2n) is 7.48. The van der Waals surface area contributed by atoms with E-state index in [0.29, 0.717) is 29.8 Å². The van der Waals surface area contributed by atoms with Crippen molar-refractivity contribution in [2.24, 2.45) is 0 Å². The molecule has 0 unspecified atom stereocenters. The molecule has 0 amide bonds. The molecule has 1 saturated heterocycles. The standard InChI is InChI=1S/C21H27N7O/c1-27-9-7-17(8-10-27)28-14-15(12-24-28)11-20-23-13-19(22)21(26-20)25-16-3-5-18(29-2)6-4-16/h3-6,12-14,17H,7-11,22H2,1-2H3,(H,23,25,26). The molecule has 3 aromatic rings. The second-order valence-corrected chi connectivity index (χ2v) is 7.48. The van der Waals surface area contributed by atoms with E-state index in [-0.39, 0.29) is 0 Å². The van der Waals surface area contributed by atoms with Gasteiger partial charge in [-0.25, -0.2) is 9.97 Å². The van der Waals surface area contributed by atoms with Crippen LogP contribution in [0.15, 0.2) is 42.9 Å². The van der Waals surface area contributed by atoms with Crippen molar-refractivity contribution in [3.63, 3.8) is 0 Å². The van der Waals surface area contributed by atoms with Crippen molar-refractivity contribution >= 4 is 17.2 Å². The Morgan fingerprint density at radius 1 is 1.17 bits per heavy atom. The summed E-state index contributed by atoms with van der Waals surface area (Å²) in [6.07, 6.45) is 8.55. The van der Waals surface area contributed by atoms with E-state index in [1.54, 1.807) is 13.3 Å². The smallest absolute Gasteiger partial charge is 0.157 e. The first kappa shape index (κ1) is 19.2. The lowest BCUT2D eigenvalue weighted by Crippen LogP contribution is -2.31. The molecule has 0 atom stereocenters. The Labute approximate surface area is 170 Å². The Balaban J connectivity index is 1.45. The van der Waals surface area contributed by atoms with Gasteiger partial charge < -0.3 is 20.7 Å². The molecule has 8 nitrogen and oxygen atoms in total. The number of nitrogens with one attached hydrogen (secondary N) is 1. The van der Waals surface area contributed by atoms with Gasteiger partial charge in [0.05, 0.1) is 31.2 Å². The SMILES string of the molecule is COc1ccc(Nc2nc(Cc3cnn(C4CCN(C)CC4)c3)ncc2N)cc1. The maximum atomic E-state index is 6.07. The number of hydrogen-bond donors (Lipinski definition) is 2. The van der Waals surface area contributed by atoms with E-state index in [1.165, 1.54) is 0 Å². The van der Waals surface area contributed by atoms with Crippen molar-refractivity contribution < 1.29 is 4.74 Å². The molecule has 8 heteroatoms. The predicted molar refractivity (Wildman–Crippen MR) is 114 cm³/mol. The van der Waals surface area contributed by atoms with Gasteiger partial charge in [-0.05, 0) is 62.8 Å². The number of aromatic nitrogens is 4. The molecule has 0 saturated carbocycles. The minimum absolute atomic E-state index is 0.472. The Morgan fingerprint density at radius 3 is 2.66 bits per heavy atom. The molecule has 1 aliphatic heterocycles. The Hall–Kier alpha value is -3.13. The predicted octanol–water partition coefficient (Wildman–Crippen LogP) is 2.87. The molecular formula is C21H27N7O. The molecule has 0 radical (unpaired) electrons. The molecule has 3 heterocycles. The van der Waals surface area contributed by atoms with Gasteiger partial charge >= 0.3 is 0 Å². The van der Waals surface area contributed by atoms with Gasteiger partial charge in [-0.3, -0.25) is 4.68 Å². The zero-order valence-electron chi connectivity index (χ0n) is 16.9. The van der Waals surface area contributed by atoms with Gasteiger partial charge in [0, 0.05) is 18.3 Å². The third kappa shape index (κ3) is 4.65. The number of methoxy groups -OCH3 is 1. The van der Waals surface area contributed by atoms with E-state index in [4.69, 9.17) is 10.5 Å². The van der Waals surface area contributed by atoms with E-state index in [0.717, 1.165) is 42.9 Å². The fourth-order valence-electron chi connectivity index (χ4n) is 3.53. The van der Waals surface area contributed by atoms with Gasteiger partial charge in [0.2, 0.25) is 0 Å². The fraction of sp³-hybridized carbons (Fsp3) is 0.381. The molecule has 152 valence electrons. The highest BCUT2D eigenvalue weighted by molar-refractivity contribution is 5.68. The number of ether oxygens (including phenoxy) is 1. The quantitative estimate of drug-likeness (QED) is 0.665. The first-order valence-corrected chi connectivity index (χ1v) is 9.85. The summed E-state index contributed by atoms with van der Waals surface area (Å²) in [6.45, 7) is 2.22. The fourth-order valence-corrected chi connectivity index (χ4v) is 3.53. The molecule has 3 N–H and O–H groups in total.